The van der Waals surface area contributed by atoms with Crippen LogP contribution in [0.4, 0.5) is 45.1 Å². The van der Waals surface area contributed by atoms with Gasteiger partial charge in [0.25, 0.3) is 0 Å². The van der Waals surface area contributed by atoms with E-state index in [2.05, 4.69) is 31.2 Å². The minimum Gasteiger partial charge on any atom is -0.433 e. The van der Waals surface area contributed by atoms with Crippen LogP contribution in [0.3, 0.4) is 0 Å². The van der Waals surface area contributed by atoms with Crippen LogP contribution < -0.4 is 26.0 Å². The van der Waals surface area contributed by atoms with E-state index in [1.807, 2.05) is 0 Å². The van der Waals surface area contributed by atoms with E-state index in [1.54, 1.807) is 38.1 Å². The Bertz CT molecular complexity index is 1440. The lowest BCUT2D eigenvalue weighted by Crippen LogP contribution is -2.28. The molecule has 0 aliphatic carbocycles. The topological polar surface area (TPSA) is 100 Å². The number of hydrogen-bond donors (Lipinski definition) is 4. The van der Waals surface area contributed by atoms with Crippen molar-refractivity contribution >= 4 is 29.0 Å². The Balaban J connectivity index is 1.43. The molecule has 1 aromatic heterocycles. The molecule has 218 valence electrons. The number of fused-ring (bicyclic) bond motifs is 1. The molecule has 2 aromatic carbocycles. The Kier molecular flexibility index (Phi) is 7.73. The first-order chi connectivity index (χ1) is 19.4. The summed E-state index contributed by atoms with van der Waals surface area (Å²) in [5.41, 5.74) is 0.833. The summed E-state index contributed by atoms with van der Waals surface area (Å²) in [5.74, 6) is -0.959. The second kappa shape index (κ2) is 11.1. The van der Waals surface area contributed by atoms with Crippen molar-refractivity contribution in [1.82, 2.24) is 15.3 Å². The predicted octanol–water partition coefficient (Wildman–Crippen LogP) is 6.15. The standard InChI is InChI=1S/C28H29F5N6O2/c1-27(2)22-17(4-3-5-20(22)37-24(27)40)13-35-23-18(28(31,32)33)14-36-26(39-23)38-19-7-6-16(12-21(19)41-25(29)30)15-8-10-34-11-9-15/h3-7,12,14-15,25,34H,8-11,13H2,1-2H3,(H,37,40)(H2,35,36,38,39). The van der Waals surface area contributed by atoms with Gasteiger partial charge in [0, 0.05) is 18.4 Å². The van der Waals surface area contributed by atoms with Gasteiger partial charge in [-0.25, -0.2) is 4.98 Å². The Hall–Kier alpha value is -4.00. The molecule has 0 saturated carbocycles. The number of benzene rings is 2. The van der Waals surface area contributed by atoms with Crippen molar-refractivity contribution < 1.29 is 31.5 Å². The SMILES string of the molecule is CC1(C)C(=O)Nc2cccc(CNc3nc(Nc4ccc(C5CCNCC5)cc4OC(F)F)ncc3C(F)(F)F)c21. The molecule has 2 aliphatic heterocycles. The van der Waals surface area contributed by atoms with Gasteiger partial charge in [-0.15, -0.1) is 0 Å². The van der Waals surface area contributed by atoms with Gasteiger partial charge >= 0.3 is 12.8 Å². The van der Waals surface area contributed by atoms with E-state index in [1.165, 1.54) is 12.1 Å². The highest BCUT2D eigenvalue weighted by Gasteiger charge is 2.40. The van der Waals surface area contributed by atoms with Crippen molar-refractivity contribution in [2.24, 2.45) is 0 Å². The molecular weight excluding hydrogens is 547 g/mol. The molecule has 1 saturated heterocycles. The average molecular weight is 577 g/mol. The van der Waals surface area contributed by atoms with Crippen LogP contribution in [0, 0.1) is 0 Å². The zero-order valence-electron chi connectivity index (χ0n) is 22.3. The molecule has 0 atom stereocenters. The first kappa shape index (κ1) is 28.5. The number of ether oxygens (including phenoxy) is 1. The Morgan fingerprint density at radius 1 is 1.15 bits per heavy atom. The van der Waals surface area contributed by atoms with E-state index in [9.17, 15) is 26.7 Å². The molecule has 0 bridgehead atoms. The third-order valence-electron chi connectivity index (χ3n) is 7.41. The van der Waals surface area contributed by atoms with Gasteiger partial charge in [0.1, 0.15) is 17.1 Å². The first-order valence-corrected chi connectivity index (χ1v) is 13.1. The van der Waals surface area contributed by atoms with E-state index in [-0.39, 0.29) is 35.8 Å². The van der Waals surface area contributed by atoms with Gasteiger partial charge in [-0.2, -0.15) is 26.9 Å². The van der Waals surface area contributed by atoms with Gasteiger partial charge in [-0.05, 0) is 80.6 Å². The fourth-order valence-electron chi connectivity index (χ4n) is 5.31. The van der Waals surface area contributed by atoms with Crippen LogP contribution in [0.15, 0.2) is 42.6 Å². The van der Waals surface area contributed by atoms with E-state index in [0.29, 0.717) is 23.0 Å². The number of rotatable bonds is 8. The number of amides is 1. The quantitative estimate of drug-likeness (QED) is 0.239. The molecule has 4 N–H and O–H groups in total. The lowest BCUT2D eigenvalue weighted by Gasteiger charge is -2.24. The summed E-state index contributed by atoms with van der Waals surface area (Å²) in [7, 11) is 0. The van der Waals surface area contributed by atoms with Gasteiger partial charge < -0.3 is 26.0 Å². The summed E-state index contributed by atoms with van der Waals surface area (Å²) in [6.07, 6.45) is -2.47. The molecule has 1 amide bonds. The number of nitrogens with zero attached hydrogens (tertiary/aromatic N) is 2. The molecule has 0 radical (unpaired) electrons. The van der Waals surface area contributed by atoms with Crippen molar-refractivity contribution in [2.45, 2.75) is 57.4 Å². The number of halogens is 5. The third kappa shape index (κ3) is 6.04. The molecule has 1 fully saturated rings. The highest BCUT2D eigenvalue weighted by molar-refractivity contribution is 6.06. The van der Waals surface area contributed by atoms with Gasteiger partial charge in [-0.3, -0.25) is 4.79 Å². The zero-order valence-corrected chi connectivity index (χ0v) is 22.3. The van der Waals surface area contributed by atoms with Gasteiger partial charge in [0.05, 0.1) is 11.1 Å². The maximum absolute atomic E-state index is 13.9. The van der Waals surface area contributed by atoms with E-state index in [0.717, 1.165) is 31.5 Å². The summed E-state index contributed by atoms with van der Waals surface area (Å²) in [4.78, 5) is 20.3. The van der Waals surface area contributed by atoms with Gasteiger partial charge in [0.2, 0.25) is 11.9 Å². The van der Waals surface area contributed by atoms with Crippen LogP contribution in [0.25, 0.3) is 0 Å². The maximum Gasteiger partial charge on any atom is 0.421 e. The van der Waals surface area contributed by atoms with E-state index in [4.69, 9.17) is 4.74 Å². The average Bonchev–Trinajstić information content (AvgIpc) is 3.16. The number of alkyl halides is 5. The maximum atomic E-state index is 13.9. The Morgan fingerprint density at radius 3 is 2.61 bits per heavy atom. The molecular formula is C28H29F5N6O2. The predicted molar refractivity (Wildman–Crippen MR) is 144 cm³/mol. The molecule has 5 rings (SSSR count). The van der Waals surface area contributed by atoms with Crippen LogP contribution in [-0.2, 0) is 22.9 Å². The van der Waals surface area contributed by atoms with Gasteiger partial charge in [0.15, 0.2) is 0 Å². The minimum absolute atomic E-state index is 0.0637. The lowest BCUT2D eigenvalue weighted by molar-refractivity contribution is -0.137. The van der Waals surface area contributed by atoms with Crippen molar-refractivity contribution in [3.8, 4) is 5.75 Å². The molecule has 13 heteroatoms. The molecule has 2 aliphatic rings. The molecule has 8 nitrogen and oxygen atoms in total. The lowest BCUT2D eigenvalue weighted by atomic mass is 9.83. The minimum atomic E-state index is -4.77. The van der Waals surface area contributed by atoms with Crippen molar-refractivity contribution in [2.75, 3.05) is 29.0 Å². The smallest absolute Gasteiger partial charge is 0.421 e. The number of carbonyl (C=O) groups is 1. The molecule has 3 heterocycles. The largest absolute Gasteiger partial charge is 0.433 e. The van der Waals surface area contributed by atoms with Crippen LogP contribution in [0.5, 0.6) is 5.75 Å². The van der Waals surface area contributed by atoms with Crippen LogP contribution in [-0.4, -0.2) is 35.6 Å². The van der Waals surface area contributed by atoms with Crippen LogP contribution in [0.2, 0.25) is 0 Å². The molecule has 0 unspecified atom stereocenters. The summed E-state index contributed by atoms with van der Waals surface area (Å²) >= 11 is 0. The second-order valence-electron chi connectivity index (χ2n) is 10.5. The first-order valence-electron chi connectivity index (χ1n) is 13.1. The van der Waals surface area contributed by atoms with E-state index < -0.39 is 29.6 Å². The number of carbonyl (C=O) groups excluding carboxylic acids is 1. The molecule has 41 heavy (non-hydrogen) atoms. The molecule has 3 aromatic rings. The summed E-state index contributed by atoms with van der Waals surface area (Å²) in [6, 6.07) is 9.97. The fourth-order valence-corrected chi connectivity index (χ4v) is 5.31. The normalized spacial score (nSPS) is 16.8. The third-order valence-corrected chi connectivity index (χ3v) is 7.41. The summed E-state index contributed by atoms with van der Waals surface area (Å²) < 4.78 is 72.8. The number of hydrogen-bond acceptors (Lipinski definition) is 7. The highest BCUT2D eigenvalue weighted by Crippen LogP contribution is 2.41. The Morgan fingerprint density at radius 2 is 1.90 bits per heavy atom. The van der Waals surface area contributed by atoms with Crippen LogP contribution in [0.1, 0.15) is 54.9 Å². The number of nitrogens with one attached hydrogen (secondary N) is 4. The van der Waals surface area contributed by atoms with Gasteiger partial charge in [-0.1, -0.05) is 18.2 Å². The number of piperidine rings is 1. The van der Waals surface area contributed by atoms with Crippen LogP contribution >= 0.6 is 0 Å². The van der Waals surface area contributed by atoms with Crippen molar-refractivity contribution in [3.63, 3.8) is 0 Å². The highest BCUT2D eigenvalue weighted by atomic mass is 19.4. The zero-order chi connectivity index (χ0) is 29.4. The van der Waals surface area contributed by atoms with Crippen molar-refractivity contribution in [1.29, 1.82) is 0 Å². The summed E-state index contributed by atoms with van der Waals surface area (Å²) in [5, 5.41) is 11.5. The number of aromatic nitrogens is 2. The Labute approximate surface area is 233 Å². The molecule has 0 spiro atoms. The number of anilines is 4. The van der Waals surface area contributed by atoms with Crippen molar-refractivity contribution in [3.05, 3.63) is 64.8 Å². The second-order valence-corrected chi connectivity index (χ2v) is 10.5. The fraction of sp³-hybridized carbons (Fsp3) is 0.393. The summed E-state index contributed by atoms with van der Waals surface area (Å²) in [6.45, 7) is 1.92. The van der Waals surface area contributed by atoms with E-state index >= 15 is 0 Å². The monoisotopic (exact) mass is 576 g/mol.